The molecule has 2 atom stereocenters. The molecule has 0 spiro atoms. The summed E-state index contributed by atoms with van der Waals surface area (Å²) in [5.41, 5.74) is 1.80. The third-order valence-electron chi connectivity index (χ3n) is 3.47. The van der Waals surface area contributed by atoms with E-state index < -0.39 is 6.10 Å². The Bertz CT molecular complexity index is 416. The zero-order valence-electron chi connectivity index (χ0n) is 10.4. The number of hydrogen-bond donors (Lipinski definition) is 1. The summed E-state index contributed by atoms with van der Waals surface area (Å²) in [6.45, 7) is 5.20. The molecule has 92 valence electrons. The molecule has 0 bridgehead atoms. The Labute approximate surface area is 102 Å². The fourth-order valence-corrected chi connectivity index (χ4v) is 2.19. The van der Waals surface area contributed by atoms with Crippen molar-refractivity contribution in [2.75, 3.05) is 13.1 Å². The van der Waals surface area contributed by atoms with Crippen LogP contribution in [0.1, 0.15) is 29.3 Å². The Kier molecular flexibility index (Phi) is 3.48. The number of amides is 1. The first kappa shape index (κ1) is 12.1. The second kappa shape index (κ2) is 4.88. The topological polar surface area (TPSA) is 40.5 Å². The second-order valence-corrected chi connectivity index (χ2v) is 4.95. The van der Waals surface area contributed by atoms with E-state index in [1.807, 2.05) is 38.1 Å². The van der Waals surface area contributed by atoms with Crippen LogP contribution in [0.2, 0.25) is 0 Å². The zero-order valence-corrected chi connectivity index (χ0v) is 10.4. The zero-order chi connectivity index (χ0) is 12.4. The number of aliphatic hydroxyl groups excluding tert-OH is 1. The summed E-state index contributed by atoms with van der Waals surface area (Å²) in [5, 5.41) is 9.80. The van der Waals surface area contributed by atoms with Crippen molar-refractivity contribution in [3.05, 3.63) is 35.4 Å². The number of likely N-dealkylation sites (tertiary alicyclic amines) is 1. The van der Waals surface area contributed by atoms with Gasteiger partial charge in [0.1, 0.15) is 0 Å². The van der Waals surface area contributed by atoms with Crippen LogP contribution in [0.3, 0.4) is 0 Å². The number of carbonyl (C=O) groups excluding carboxylic acids is 1. The summed E-state index contributed by atoms with van der Waals surface area (Å²) >= 11 is 0. The highest BCUT2D eigenvalue weighted by Crippen LogP contribution is 2.19. The molecule has 1 aliphatic heterocycles. The van der Waals surface area contributed by atoms with Crippen LogP contribution in [-0.2, 0) is 0 Å². The number of β-amino-alcohol motifs (C(OH)–C–C–N with tert-alkyl or cyclic N) is 1. The van der Waals surface area contributed by atoms with Gasteiger partial charge < -0.3 is 10.0 Å². The van der Waals surface area contributed by atoms with Crippen LogP contribution in [0, 0.1) is 12.8 Å². The standard InChI is InChI=1S/C14H19NO2/c1-10-4-3-5-12(8-10)14(17)15-7-6-11(2)13(16)9-15/h3-5,8,11,13,16H,6-7,9H2,1-2H3. The molecule has 3 heteroatoms. The summed E-state index contributed by atoms with van der Waals surface area (Å²) in [6, 6.07) is 7.60. The van der Waals surface area contributed by atoms with E-state index in [2.05, 4.69) is 0 Å². The molecule has 2 rings (SSSR count). The predicted octanol–water partition coefficient (Wildman–Crippen LogP) is 1.84. The minimum absolute atomic E-state index is 0.0275. The van der Waals surface area contributed by atoms with Gasteiger partial charge in [0.25, 0.3) is 5.91 Å². The van der Waals surface area contributed by atoms with Gasteiger partial charge in [-0.05, 0) is 31.4 Å². The Balaban J connectivity index is 2.10. The number of benzene rings is 1. The summed E-state index contributed by atoms with van der Waals surface area (Å²) in [5.74, 6) is 0.316. The van der Waals surface area contributed by atoms with Gasteiger partial charge in [-0.25, -0.2) is 0 Å². The van der Waals surface area contributed by atoms with E-state index in [1.54, 1.807) is 4.90 Å². The fourth-order valence-electron chi connectivity index (χ4n) is 2.19. The van der Waals surface area contributed by atoms with Crippen LogP contribution in [-0.4, -0.2) is 35.1 Å². The monoisotopic (exact) mass is 233 g/mol. The lowest BCUT2D eigenvalue weighted by atomic mass is 9.95. The average Bonchev–Trinajstić information content (AvgIpc) is 2.32. The number of carbonyl (C=O) groups is 1. The quantitative estimate of drug-likeness (QED) is 0.804. The number of nitrogens with zero attached hydrogens (tertiary/aromatic N) is 1. The molecule has 17 heavy (non-hydrogen) atoms. The lowest BCUT2D eigenvalue weighted by Gasteiger charge is -2.34. The number of rotatable bonds is 1. The number of hydrogen-bond acceptors (Lipinski definition) is 2. The molecule has 1 aromatic carbocycles. The van der Waals surface area contributed by atoms with Crippen molar-refractivity contribution in [3.63, 3.8) is 0 Å². The van der Waals surface area contributed by atoms with Crippen molar-refractivity contribution < 1.29 is 9.90 Å². The Morgan fingerprint density at radius 3 is 2.88 bits per heavy atom. The van der Waals surface area contributed by atoms with Gasteiger partial charge in [0.2, 0.25) is 0 Å². The number of aliphatic hydroxyl groups is 1. The molecule has 0 radical (unpaired) electrons. The summed E-state index contributed by atoms with van der Waals surface area (Å²) < 4.78 is 0. The van der Waals surface area contributed by atoms with Crippen molar-refractivity contribution in [1.82, 2.24) is 4.90 Å². The van der Waals surface area contributed by atoms with E-state index in [9.17, 15) is 9.90 Å². The molecule has 1 saturated heterocycles. The highest BCUT2D eigenvalue weighted by atomic mass is 16.3. The molecule has 0 saturated carbocycles. The maximum atomic E-state index is 12.2. The van der Waals surface area contributed by atoms with Crippen LogP contribution >= 0.6 is 0 Å². The number of aryl methyl sites for hydroxylation is 1. The van der Waals surface area contributed by atoms with Crippen molar-refractivity contribution >= 4 is 5.91 Å². The van der Waals surface area contributed by atoms with E-state index in [1.165, 1.54) is 0 Å². The Morgan fingerprint density at radius 2 is 2.24 bits per heavy atom. The third-order valence-corrected chi connectivity index (χ3v) is 3.47. The van der Waals surface area contributed by atoms with Gasteiger partial charge in [-0.3, -0.25) is 4.79 Å². The molecule has 1 fully saturated rings. The van der Waals surface area contributed by atoms with Gasteiger partial charge in [0, 0.05) is 18.7 Å². The van der Waals surface area contributed by atoms with E-state index >= 15 is 0 Å². The third kappa shape index (κ3) is 2.67. The maximum absolute atomic E-state index is 12.2. The van der Waals surface area contributed by atoms with E-state index in [0.717, 1.165) is 18.5 Å². The van der Waals surface area contributed by atoms with Crippen LogP contribution in [0.25, 0.3) is 0 Å². The SMILES string of the molecule is Cc1cccc(C(=O)N2CCC(C)C(O)C2)c1. The number of piperidine rings is 1. The molecule has 1 aliphatic rings. The largest absolute Gasteiger partial charge is 0.391 e. The van der Waals surface area contributed by atoms with Crippen molar-refractivity contribution in [3.8, 4) is 0 Å². The lowest BCUT2D eigenvalue weighted by Crippen LogP contribution is -2.45. The molecular weight excluding hydrogens is 214 g/mol. The van der Waals surface area contributed by atoms with Crippen LogP contribution in [0.5, 0.6) is 0 Å². The van der Waals surface area contributed by atoms with Crippen molar-refractivity contribution in [2.45, 2.75) is 26.4 Å². The first-order valence-corrected chi connectivity index (χ1v) is 6.12. The molecular formula is C14H19NO2. The molecule has 2 unspecified atom stereocenters. The minimum atomic E-state index is -0.391. The van der Waals surface area contributed by atoms with Crippen LogP contribution in [0.15, 0.2) is 24.3 Å². The minimum Gasteiger partial charge on any atom is -0.391 e. The first-order valence-electron chi connectivity index (χ1n) is 6.12. The summed E-state index contributed by atoms with van der Waals surface area (Å²) in [4.78, 5) is 14.0. The Hall–Kier alpha value is -1.35. The van der Waals surface area contributed by atoms with Crippen molar-refractivity contribution in [2.24, 2.45) is 5.92 Å². The van der Waals surface area contributed by atoms with Gasteiger partial charge in [-0.1, -0.05) is 24.6 Å². The lowest BCUT2D eigenvalue weighted by molar-refractivity contribution is 0.0248. The maximum Gasteiger partial charge on any atom is 0.253 e. The van der Waals surface area contributed by atoms with E-state index in [4.69, 9.17) is 0 Å². The van der Waals surface area contributed by atoms with Gasteiger partial charge >= 0.3 is 0 Å². The van der Waals surface area contributed by atoms with Gasteiger partial charge in [0.15, 0.2) is 0 Å². The van der Waals surface area contributed by atoms with E-state index in [0.29, 0.717) is 12.1 Å². The predicted molar refractivity (Wildman–Crippen MR) is 66.9 cm³/mol. The first-order chi connectivity index (χ1) is 8.08. The van der Waals surface area contributed by atoms with Crippen LogP contribution < -0.4 is 0 Å². The second-order valence-electron chi connectivity index (χ2n) is 4.95. The average molecular weight is 233 g/mol. The highest BCUT2D eigenvalue weighted by molar-refractivity contribution is 5.94. The van der Waals surface area contributed by atoms with Gasteiger partial charge in [0.05, 0.1) is 6.10 Å². The molecule has 1 N–H and O–H groups in total. The fraction of sp³-hybridized carbons (Fsp3) is 0.500. The molecule has 1 amide bonds. The summed E-state index contributed by atoms with van der Waals surface area (Å²) in [6.07, 6.45) is 0.483. The van der Waals surface area contributed by atoms with Gasteiger partial charge in [-0.15, -0.1) is 0 Å². The molecule has 1 aromatic rings. The molecule has 0 aliphatic carbocycles. The van der Waals surface area contributed by atoms with Crippen molar-refractivity contribution in [1.29, 1.82) is 0 Å². The molecule has 0 aromatic heterocycles. The smallest absolute Gasteiger partial charge is 0.253 e. The van der Waals surface area contributed by atoms with E-state index in [-0.39, 0.29) is 11.8 Å². The van der Waals surface area contributed by atoms with Gasteiger partial charge in [-0.2, -0.15) is 0 Å². The molecule has 3 nitrogen and oxygen atoms in total. The normalized spacial score (nSPS) is 24.8. The molecule has 1 heterocycles. The van der Waals surface area contributed by atoms with Crippen LogP contribution in [0.4, 0.5) is 0 Å². The highest BCUT2D eigenvalue weighted by Gasteiger charge is 2.27. The Morgan fingerprint density at radius 1 is 1.47 bits per heavy atom. The summed E-state index contributed by atoms with van der Waals surface area (Å²) in [7, 11) is 0.